The van der Waals surface area contributed by atoms with Gasteiger partial charge in [0.15, 0.2) is 0 Å². The summed E-state index contributed by atoms with van der Waals surface area (Å²) in [5, 5.41) is 2.85. The molecule has 1 aromatic carbocycles. The number of esters is 1. The van der Waals surface area contributed by atoms with Crippen LogP contribution in [0, 0.1) is 0 Å². The normalized spacial score (nSPS) is 17.9. The van der Waals surface area contributed by atoms with Crippen LogP contribution in [-0.2, 0) is 14.3 Å². The first kappa shape index (κ1) is 17.2. The molecule has 1 unspecified atom stereocenters. The van der Waals surface area contributed by atoms with E-state index in [4.69, 9.17) is 4.74 Å². The monoisotopic (exact) mass is 317 g/mol. The van der Waals surface area contributed by atoms with Crippen LogP contribution in [0.15, 0.2) is 36.4 Å². The molecule has 1 aliphatic rings. The maximum Gasteiger partial charge on any atom is 0.330 e. The molecule has 1 atom stereocenters. The zero-order valence-corrected chi connectivity index (χ0v) is 13.4. The van der Waals surface area contributed by atoms with E-state index < -0.39 is 5.97 Å². The predicted molar refractivity (Wildman–Crippen MR) is 87.3 cm³/mol. The van der Waals surface area contributed by atoms with Crippen molar-refractivity contribution in [1.82, 2.24) is 5.32 Å². The van der Waals surface area contributed by atoms with E-state index in [1.54, 1.807) is 6.08 Å². The number of carbonyl (C=O) groups is 2. The van der Waals surface area contributed by atoms with Crippen LogP contribution in [-0.4, -0.2) is 38.7 Å². The fourth-order valence-corrected chi connectivity index (χ4v) is 2.56. The van der Waals surface area contributed by atoms with Crippen molar-refractivity contribution in [3.63, 3.8) is 0 Å². The highest BCUT2D eigenvalue weighted by Crippen LogP contribution is 2.25. The molecular weight excluding hydrogens is 294 g/mol. The Kier molecular flexibility index (Phi) is 6.81. The summed E-state index contributed by atoms with van der Waals surface area (Å²) in [5.41, 5.74) is 1.81. The van der Waals surface area contributed by atoms with Gasteiger partial charge in [0.05, 0.1) is 13.7 Å². The Bertz CT molecular complexity index is 562. The lowest BCUT2D eigenvalue weighted by molar-refractivity contribution is -0.134. The summed E-state index contributed by atoms with van der Waals surface area (Å²) in [6, 6.07) is 7.72. The number of carbonyl (C=O) groups excluding carboxylic acids is 2. The van der Waals surface area contributed by atoms with Crippen molar-refractivity contribution in [2.75, 3.05) is 26.9 Å². The molecule has 0 aromatic heterocycles. The summed E-state index contributed by atoms with van der Waals surface area (Å²) in [7, 11) is 1.33. The number of benzene rings is 1. The highest BCUT2D eigenvalue weighted by Gasteiger charge is 2.17. The average Bonchev–Trinajstić information content (AvgIpc) is 2.62. The molecule has 5 heteroatoms. The van der Waals surface area contributed by atoms with Gasteiger partial charge in [-0.05, 0) is 37.0 Å². The van der Waals surface area contributed by atoms with Crippen molar-refractivity contribution >= 4 is 11.9 Å². The van der Waals surface area contributed by atoms with Gasteiger partial charge in [0.25, 0.3) is 5.91 Å². The lowest BCUT2D eigenvalue weighted by Gasteiger charge is -2.22. The third-order valence-corrected chi connectivity index (χ3v) is 3.83. The lowest BCUT2D eigenvalue weighted by Crippen LogP contribution is -2.24. The Balaban J connectivity index is 1.84. The smallest absolute Gasteiger partial charge is 0.330 e. The number of hydrogen-bond donors (Lipinski definition) is 1. The Morgan fingerprint density at radius 2 is 2.30 bits per heavy atom. The van der Waals surface area contributed by atoms with E-state index in [0.717, 1.165) is 31.6 Å². The molecule has 1 amide bonds. The third-order valence-electron chi connectivity index (χ3n) is 3.83. The van der Waals surface area contributed by atoms with Crippen LogP contribution >= 0.6 is 0 Å². The molecule has 0 saturated carbocycles. The number of nitrogens with one attached hydrogen (secondary N) is 1. The standard InChI is InChI=1S/C18H23NO4/c1-22-17(20)9-2-3-10-19-18(21)15-7-4-6-14(12-15)16-8-5-11-23-13-16/h2,4,6-7,9,12,16H,3,5,8,10-11,13H2,1H3,(H,19,21)/b9-2+. The van der Waals surface area contributed by atoms with Gasteiger partial charge in [0.1, 0.15) is 0 Å². The second-order valence-electron chi connectivity index (χ2n) is 5.51. The summed E-state index contributed by atoms with van der Waals surface area (Å²) in [6.45, 7) is 2.03. The number of rotatable bonds is 6. The van der Waals surface area contributed by atoms with Gasteiger partial charge < -0.3 is 14.8 Å². The van der Waals surface area contributed by atoms with Crippen molar-refractivity contribution < 1.29 is 19.1 Å². The van der Waals surface area contributed by atoms with Crippen molar-refractivity contribution in [3.05, 3.63) is 47.5 Å². The molecule has 0 aliphatic carbocycles. The van der Waals surface area contributed by atoms with Gasteiger partial charge in [-0.2, -0.15) is 0 Å². The SMILES string of the molecule is COC(=O)/C=C/CCNC(=O)c1cccc(C2CCCOC2)c1. The summed E-state index contributed by atoms with van der Waals surface area (Å²) in [4.78, 5) is 23.1. The minimum absolute atomic E-state index is 0.102. The van der Waals surface area contributed by atoms with Gasteiger partial charge in [-0.3, -0.25) is 4.79 Å². The van der Waals surface area contributed by atoms with Crippen molar-refractivity contribution in [2.24, 2.45) is 0 Å². The fraction of sp³-hybridized carbons (Fsp3) is 0.444. The highest BCUT2D eigenvalue weighted by molar-refractivity contribution is 5.94. The summed E-state index contributed by atoms with van der Waals surface area (Å²) in [6.07, 6.45) is 5.78. The third kappa shape index (κ3) is 5.53. The summed E-state index contributed by atoms with van der Waals surface area (Å²) >= 11 is 0. The molecule has 5 nitrogen and oxygen atoms in total. The number of hydrogen-bond acceptors (Lipinski definition) is 4. The molecule has 1 fully saturated rings. The summed E-state index contributed by atoms with van der Waals surface area (Å²) in [5.74, 6) is -0.117. The molecule has 1 saturated heterocycles. The predicted octanol–water partition coefficient (Wildman–Crippen LogP) is 2.43. The van der Waals surface area contributed by atoms with Crippen molar-refractivity contribution in [3.8, 4) is 0 Å². The number of amides is 1. The van der Waals surface area contributed by atoms with Gasteiger partial charge in [0, 0.05) is 30.7 Å². The van der Waals surface area contributed by atoms with Crippen molar-refractivity contribution in [2.45, 2.75) is 25.2 Å². The molecule has 1 N–H and O–H groups in total. The number of ether oxygens (including phenoxy) is 2. The van der Waals surface area contributed by atoms with Crippen LogP contribution in [0.3, 0.4) is 0 Å². The second-order valence-corrected chi connectivity index (χ2v) is 5.51. The Morgan fingerprint density at radius 1 is 1.43 bits per heavy atom. The van der Waals surface area contributed by atoms with Crippen LogP contribution in [0.4, 0.5) is 0 Å². The van der Waals surface area contributed by atoms with Gasteiger partial charge in [0.2, 0.25) is 0 Å². The van der Waals surface area contributed by atoms with E-state index in [1.165, 1.54) is 13.2 Å². The molecule has 2 rings (SSSR count). The minimum atomic E-state index is -0.390. The Hall–Kier alpha value is -2.14. The molecule has 0 radical (unpaired) electrons. The molecule has 0 bridgehead atoms. The van der Waals surface area contributed by atoms with E-state index in [-0.39, 0.29) is 5.91 Å². The quantitative estimate of drug-likeness (QED) is 0.497. The maximum atomic E-state index is 12.2. The zero-order chi connectivity index (χ0) is 16.5. The molecular formula is C18H23NO4. The number of methoxy groups -OCH3 is 1. The van der Waals surface area contributed by atoms with E-state index >= 15 is 0 Å². The molecule has 0 spiro atoms. The largest absolute Gasteiger partial charge is 0.466 e. The second kappa shape index (κ2) is 9.10. The fourth-order valence-electron chi connectivity index (χ4n) is 2.56. The zero-order valence-electron chi connectivity index (χ0n) is 13.4. The first-order valence-electron chi connectivity index (χ1n) is 7.91. The topological polar surface area (TPSA) is 64.6 Å². The van der Waals surface area contributed by atoms with Gasteiger partial charge >= 0.3 is 5.97 Å². The first-order chi connectivity index (χ1) is 11.2. The molecule has 1 heterocycles. The molecule has 23 heavy (non-hydrogen) atoms. The Morgan fingerprint density at radius 3 is 3.04 bits per heavy atom. The van der Waals surface area contributed by atoms with Crippen LogP contribution in [0.2, 0.25) is 0 Å². The van der Waals surface area contributed by atoms with Gasteiger partial charge in [-0.15, -0.1) is 0 Å². The highest BCUT2D eigenvalue weighted by atomic mass is 16.5. The van der Waals surface area contributed by atoms with E-state index in [9.17, 15) is 9.59 Å². The van der Waals surface area contributed by atoms with Crippen LogP contribution < -0.4 is 5.32 Å². The molecule has 124 valence electrons. The van der Waals surface area contributed by atoms with Gasteiger partial charge in [-0.1, -0.05) is 18.2 Å². The van der Waals surface area contributed by atoms with E-state index in [1.807, 2.05) is 18.2 Å². The van der Waals surface area contributed by atoms with Gasteiger partial charge in [-0.25, -0.2) is 4.79 Å². The molecule has 1 aliphatic heterocycles. The minimum Gasteiger partial charge on any atom is -0.466 e. The Labute approximate surface area is 136 Å². The first-order valence-corrected chi connectivity index (χ1v) is 7.91. The van der Waals surface area contributed by atoms with Crippen LogP contribution in [0.25, 0.3) is 0 Å². The van der Waals surface area contributed by atoms with Crippen LogP contribution in [0.1, 0.15) is 41.1 Å². The van der Waals surface area contributed by atoms with Crippen molar-refractivity contribution in [1.29, 1.82) is 0 Å². The summed E-state index contributed by atoms with van der Waals surface area (Å²) < 4.78 is 10.0. The maximum absolute atomic E-state index is 12.2. The van der Waals surface area contributed by atoms with Crippen LogP contribution in [0.5, 0.6) is 0 Å². The molecule has 1 aromatic rings. The van der Waals surface area contributed by atoms with E-state index in [0.29, 0.717) is 24.4 Å². The van der Waals surface area contributed by atoms with E-state index in [2.05, 4.69) is 16.1 Å². The lowest BCUT2D eigenvalue weighted by atomic mass is 9.92. The average molecular weight is 317 g/mol.